The van der Waals surface area contributed by atoms with Gasteiger partial charge in [-0.3, -0.25) is 14.6 Å². The number of nitrogens with two attached hydrogens (primary N) is 1. The molecule has 4 atom stereocenters. The first-order valence-corrected chi connectivity index (χ1v) is 11.6. The summed E-state index contributed by atoms with van der Waals surface area (Å²) in [5.74, 6) is -8.19. The average Bonchev–Trinajstić information content (AvgIpc) is 3.40. The Labute approximate surface area is 219 Å². The second-order valence-corrected chi connectivity index (χ2v) is 9.34. The van der Waals surface area contributed by atoms with Crippen LogP contribution in [0.3, 0.4) is 0 Å². The number of anilines is 1. The molecule has 3 heterocycles. The molecule has 3 aromatic rings. The summed E-state index contributed by atoms with van der Waals surface area (Å²) in [6, 6.07) is 4.23. The highest BCUT2D eigenvalue weighted by molar-refractivity contribution is 5.97. The molecule has 1 aliphatic rings. The average molecular weight is 553 g/mol. The zero-order chi connectivity index (χ0) is 28.7. The Bertz CT molecular complexity index is 1410. The molecular formula is C25H24F5N5O4. The van der Waals surface area contributed by atoms with Crippen molar-refractivity contribution in [3.63, 3.8) is 0 Å². The van der Waals surface area contributed by atoms with Crippen LogP contribution < -0.4 is 15.8 Å². The number of amides is 2. The van der Waals surface area contributed by atoms with E-state index in [0.29, 0.717) is 5.69 Å². The summed E-state index contributed by atoms with van der Waals surface area (Å²) >= 11 is 0. The molecule has 3 N–H and O–H groups in total. The number of carbonyl (C=O) groups excluding carboxylic acids is 2. The highest BCUT2D eigenvalue weighted by atomic mass is 19.4. The monoisotopic (exact) mass is 553 g/mol. The summed E-state index contributed by atoms with van der Waals surface area (Å²) in [7, 11) is 1.68. The Morgan fingerprint density at radius 2 is 1.95 bits per heavy atom. The number of primary amides is 1. The van der Waals surface area contributed by atoms with Gasteiger partial charge >= 0.3 is 6.18 Å². The minimum atomic E-state index is -4.93. The van der Waals surface area contributed by atoms with Crippen LogP contribution in [0.1, 0.15) is 41.5 Å². The number of aryl methyl sites for hydroxylation is 1. The molecule has 2 amide bonds. The van der Waals surface area contributed by atoms with Gasteiger partial charge < -0.3 is 25.1 Å². The maximum Gasteiger partial charge on any atom is 0.417 e. The van der Waals surface area contributed by atoms with Gasteiger partial charge in [-0.2, -0.15) is 17.6 Å². The van der Waals surface area contributed by atoms with Crippen LogP contribution >= 0.6 is 0 Å². The van der Waals surface area contributed by atoms with Crippen molar-refractivity contribution in [3.8, 4) is 5.75 Å². The third kappa shape index (κ3) is 5.28. The van der Waals surface area contributed by atoms with Crippen molar-refractivity contribution in [2.45, 2.75) is 44.3 Å². The van der Waals surface area contributed by atoms with E-state index in [-0.39, 0.29) is 23.6 Å². The fourth-order valence-electron chi connectivity index (χ4n) is 4.52. The summed E-state index contributed by atoms with van der Waals surface area (Å²) in [5.41, 5.74) is 2.33. The minimum Gasteiger partial charge on any atom is -0.484 e. The molecule has 0 saturated carbocycles. The van der Waals surface area contributed by atoms with Crippen molar-refractivity contribution in [2.75, 3.05) is 5.32 Å². The number of nitrogens with zero attached hydrogens (tertiary/aromatic N) is 3. The van der Waals surface area contributed by atoms with Gasteiger partial charge in [-0.15, -0.1) is 0 Å². The Morgan fingerprint density at radius 1 is 1.23 bits per heavy atom. The van der Waals surface area contributed by atoms with E-state index in [1.807, 2.05) is 0 Å². The Kier molecular flexibility index (Phi) is 7.34. The van der Waals surface area contributed by atoms with Crippen LogP contribution in [0.2, 0.25) is 0 Å². The van der Waals surface area contributed by atoms with Gasteiger partial charge in [0.15, 0.2) is 17.2 Å². The van der Waals surface area contributed by atoms with Gasteiger partial charge in [-0.1, -0.05) is 13.0 Å². The molecular weight excluding hydrogens is 529 g/mol. The lowest BCUT2D eigenvalue weighted by Gasteiger charge is -2.32. The first kappa shape index (κ1) is 28.0. The van der Waals surface area contributed by atoms with Crippen LogP contribution in [-0.2, 0) is 23.2 Å². The van der Waals surface area contributed by atoms with Crippen LogP contribution in [0.25, 0.3) is 0 Å². The molecule has 1 aliphatic heterocycles. The maximum absolute atomic E-state index is 15.0. The van der Waals surface area contributed by atoms with E-state index in [4.69, 9.17) is 15.2 Å². The number of halogens is 5. The number of imidazole rings is 1. The van der Waals surface area contributed by atoms with Gasteiger partial charge in [0.05, 0.1) is 12.0 Å². The van der Waals surface area contributed by atoms with Gasteiger partial charge in [0, 0.05) is 42.5 Å². The summed E-state index contributed by atoms with van der Waals surface area (Å²) in [6.45, 7) is 1.66. The number of nitrogens with one attached hydrogen (secondary N) is 1. The quantitative estimate of drug-likeness (QED) is 0.429. The van der Waals surface area contributed by atoms with Crippen LogP contribution in [0.4, 0.5) is 27.6 Å². The summed E-state index contributed by atoms with van der Waals surface area (Å²) in [6.07, 6.45) is -2.57. The van der Waals surface area contributed by atoms with E-state index in [2.05, 4.69) is 15.3 Å². The molecule has 39 heavy (non-hydrogen) atoms. The molecule has 4 rings (SSSR count). The summed E-state index contributed by atoms with van der Waals surface area (Å²) in [4.78, 5) is 32.5. The van der Waals surface area contributed by atoms with Crippen molar-refractivity contribution >= 4 is 17.5 Å². The molecule has 208 valence electrons. The normalized spacial score (nSPS) is 23.0. The molecule has 1 saturated heterocycles. The second-order valence-electron chi connectivity index (χ2n) is 9.34. The zero-order valence-electron chi connectivity index (χ0n) is 20.9. The van der Waals surface area contributed by atoms with Gasteiger partial charge in [0.1, 0.15) is 18.4 Å². The zero-order valence-corrected chi connectivity index (χ0v) is 20.9. The Hall–Kier alpha value is -4.07. The number of hydrogen-bond acceptors (Lipinski definition) is 6. The van der Waals surface area contributed by atoms with E-state index in [9.17, 15) is 27.2 Å². The topological polar surface area (TPSA) is 121 Å². The van der Waals surface area contributed by atoms with Crippen molar-refractivity contribution in [2.24, 2.45) is 18.7 Å². The molecule has 0 radical (unpaired) electrons. The SMILES string of the molecule is C[C@H]1[C@@H](c2ccc(F)c(F)c2OCc2cn(C)cn2)[C@H](C(=O)Nc2ccnc(C(N)=O)c2)O[C@@]1(C)C(F)(F)F. The predicted octanol–water partition coefficient (Wildman–Crippen LogP) is 3.85. The fraction of sp³-hybridized carbons (Fsp3) is 0.360. The van der Waals surface area contributed by atoms with Crippen LogP contribution in [0, 0.1) is 17.6 Å². The summed E-state index contributed by atoms with van der Waals surface area (Å²) in [5, 5.41) is 2.39. The van der Waals surface area contributed by atoms with Crippen molar-refractivity contribution in [1.82, 2.24) is 14.5 Å². The summed E-state index contributed by atoms with van der Waals surface area (Å²) < 4.78 is 84.4. The van der Waals surface area contributed by atoms with Crippen molar-refractivity contribution < 1.29 is 41.0 Å². The number of aromatic nitrogens is 3. The highest BCUT2D eigenvalue weighted by Crippen LogP contribution is 2.55. The molecule has 2 aromatic heterocycles. The van der Waals surface area contributed by atoms with Crippen molar-refractivity contribution in [1.29, 1.82) is 0 Å². The molecule has 0 aliphatic carbocycles. The van der Waals surface area contributed by atoms with E-state index < -0.39 is 58.9 Å². The van der Waals surface area contributed by atoms with Crippen LogP contribution in [-0.4, -0.2) is 44.2 Å². The number of ether oxygens (including phenoxy) is 2. The van der Waals surface area contributed by atoms with E-state index in [1.165, 1.54) is 25.5 Å². The number of alkyl halides is 3. The molecule has 14 heteroatoms. The first-order chi connectivity index (χ1) is 18.2. The molecule has 1 aromatic carbocycles. The maximum atomic E-state index is 15.0. The number of pyridine rings is 1. The number of carbonyl (C=O) groups is 2. The number of hydrogen-bond donors (Lipinski definition) is 2. The standard InChI is InChI=1S/C25H24F5N5O4/c1-12-18(15-4-5-16(26)19(27)20(15)38-10-14-9-35(3)11-33-14)21(39-24(12,2)25(28,29)30)23(37)34-13-6-7-32-17(8-13)22(31)36/h4-9,11-12,18,21H,10H2,1-3H3,(H2,31,36)(H,32,34,37)/t12-,18-,21+,24+/m0/s1. The predicted molar refractivity (Wildman–Crippen MR) is 127 cm³/mol. The van der Waals surface area contributed by atoms with Gasteiger partial charge in [-0.25, -0.2) is 9.37 Å². The fourth-order valence-corrected chi connectivity index (χ4v) is 4.52. The third-order valence-electron chi connectivity index (χ3n) is 6.77. The van der Waals surface area contributed by atoms with Gasteiger partial charge in [0.25, 0.3) is 11.8 Å². The highest BCUT2D eigenvalue weighted by Gasteiger charge is 2.66. The number of benzene rings is 1. The lowest BCUT2D eigenvalue weighted by atomic mass is 9.77. The Balaban J connectivity index is 1.76. The van der Waals surface area contributed by atoms with Gasteiger partial charge in [0.2, 0.25) is 5.82 Å². The van der Waals surface area contributed by atoms with Crippen LogP contribution in [0.5, 0.6) is 5.75 Å². The smallest absolute Gasteiger partial charge is 0.417 e. The Morgan fingerprint density at radius 3 is 2.56 bits per heavy atom. The molecule has 9 nitrogen and oxygen atoms in total. The third-order valence-corrected chi connectivity index (χ3v) is 6.77. The van der Waals surface area contributed by atoms with Crippen molar-refractivity contribution in [3.05, 3.63) is 71.6 Å². The first-order valence-electron chi connectivity index (χ1n) is 11.6. The minimum absolute atomic E-state index is 0.0105. The molecule has 0 unspecified atom stereocenters. The lowest BCUT2D eigenvalue weighted by Crippen LogP contribution is -2.47. The van der Waals surface area contributed by atoms with E-state index >= 15 is 4.39 Å². The van der Waals surface area contributed by atoms with Gasteiger partial charge in [-0.05, 0) is 25.1 Å². The molecule has 1 fully saturated rings. The van der Waals surface area contributed by atoms with E-state index in [0.717, 1.165) is 25.1 Å². The number of rotatable bonds is 7. The van der Waals surface area contributed by atoms with Crippen LogP contribution in [0.15, 0.2) is 43.0 Å². The van der Waals surface area contributed by atoms with E-state index in [1.54, 1.807) is 17.8 Å². The lowest BCUT2D eigenvalue weighted by molar-refractivity contribution is -0.272. The largest absolute Gasteiger partial charge is 0.484 e. The molecule has 0 bridgehead atoms. The molecule has 0 spiro atoms. The second kappa shape index (κ2) is 10.2.